The van der Waals surface area contributed by atoms with Gasteiger partial charge in [0, 0.05) is 9.50 Å². The van der Waals surface area contributed by atoms with Crippen molar-refractivity contribution in [2.45, 2.75) is 0 Å². The highest BCUT2D eigenvalue weighted by atomic mass is 79.9. The molecule has 0 aliphatic heterocycles. The Morgan fingerprint density at radius 3 is 2.79 bits per heavy atom. The summed E-state index contributed by atoms with van der Waals surface area (Å²) in [7, 11) is 0. The van der Waals surface area contributed by atoms with Crippen LogP contribution in [-0.4, -0.2) is 39.9 Å². The average molecular weight is 466 g/mol. The standard InChI is InChI=1S/C18H14BrClN4O4/c19-12-2-1-3-14(6-12)27-9-18(26)28-8-17(25)23-15-7-13(20)4-5-16(15)24-11-21-10-22-24/h1-7,10-11H,8-9H2,(H,23,25). The van der Waals surface area contributed by atoms with Crippen LogP contribution < -0.4 is 10.1 Å². The van der Waals surface area contributed by atoms with Crippen molar-refractivity contribution in [2.75, 3.05) is 18.5 Å². The molecule has 144 valence electrons. The van der Waals surface area contributed by atoms with Crippen molar-refractivity contribution >= 4 is 45.1 Å². The van der Waals surface area contributed by atoms with Crippen molar-refractivity contribution in [3.63, 3.8) is 0 Å². The fourth-order valence-electron chi connectivity index (χ4n) is 2.21. The van der Waals surface area contributed by atoms with Gasteiger partial charge < -0.3 is 14.8 Å². The summed E-state index contributed by atoms with van der Waals surface area (Å²) < 4.78 is 12.5. The minimum absolute atomic E-state index is 0.314. The molecule has 0 radical (unpaired) electrons. The van der Waals surface area contributed by atoms with E-state index in [-0.39, 0.29) is 6.61 Å². The van der Waals surface area contributed by atoms with Crippen molar-refractivity contribution in [1.82, 2.24) is 14.8 Å². The van der Waals surface area contributed by atoms with Crippen LogP contribution in [-0.2, 0) is 14.3 Å². The highest BCUT2D eigenvalue weighted by Gasteiger charge is 2.13. The zero-order valence-corrected chi connectivity index (χ0v) is 16.7. The first-order valence-electron chi connectivity index (χ1n) is 7.99. The number of anilines is 1. The topological polar surface area (TPSA) is 95.3 Å². The third kappa shape index (κ3) is 5.54. The number of ether oxygens (including phenoxy) is 2. The maximum Gasteiger partial charge on any atom is 0.344 e. The van der Waals surface area contributed by atoms with Crippen LogP contribution in [0, 0.1) is 0 Å². The van der Waals surface area contributed by atoms with E-state index < -0.39 is 18.5 Å². The molecule has 1 heterocycles. The largest absolute Gasteiger partial charge is 0.482 e. The Hall–Kier alpha value is -2.91. The lowest BCUT2D eigenvalue weighted by molar-refractivity contribution is -0.149. The molecule has 0 aliphatic rings. The Labute approximate surface area is 173 Å². The number of rotatable bonds is 7. The van der Waals surface area contributed by atoms with Crippen LogP contribution in [0.25, 0.3) is 5.69 Å². The highest BCUT2D eigenvalue weighted by molar-refractivity contribution is 9.10. The van der Waals surface area contributed by atoms with E-state index in [9.17, 15) is 9.59 Å². The Morgan fingerprint density at radius 1 is 1.18 bits per heavy atom. The summed E-state index contributed by atoms with van der Waals surface area (Å²) in [6.07, 6.45) is 2.85. The van der Waals surface area contributed by atoms with Crippen LogP contribution in [0.2, 0.25) is 5.02 Å². The molecule has 0 bridgehead atoms. The predicted molar refractivity (Wildman–Crippen MR) is 106 cm³/mol. The Kier molecular flexibility index (Phi) is 6.62. The van der Waals surface area contributed by atoms with E-state index in [1.165, 1.54) is 17.3 Å². The maximum atomic E-state index is 12.1. The minimum Gasteiger partial charge on any atom is -0.482 e. The van der Waals surface area contributed by atoms with Crippen molar-refractivity contribution < 1.29 is 19.1 Å². The molecule has 10 heteroatoms. The van der Waals surface area contributed by atoms with Gasteiger partial charge >= 0.3 is 5.97 Å². The lowest BCUT2D eigenvalue weighted by Gasteiger charge is -2.12. The van der Waals surface area contributed by atoms with Crippen molar-refractivity contribution in [2.24, 2.45) is 0 Å². The maximum absolute atomic E-state index is 12.1. The van der Waals surface area contributed by atoms with Crippen molar-refractivity contribution in [3.05, 3.63) is 64.6 Å². The van der Waals surface area contributed by atoms with Gasteiger partial charge in [0.05, 0.1) is 11.4 Å². The first-order chi connectivity index (χ1) is 13.5. The number of halogens is 2. The molecule has 0 unspecified atom stereocenters. The van der Waals surface area contributed by atoms with Gasteiger partial charge in [-0.15, -0.1) is 0 Å². The molecule has 1 aromatic heterocycles. The SMILES string of the molecule is O=C(COC(=O)COc1cccc(Br)c1)Nc1cc(Cl)ccc1-n1cncn1. The molecular weight excluding hydrogens is 452 g/mol. The molecule has 0 saturated carbocycles. The zero-order valence-electron chi connectivity index (χ0n) is 14.3. The number of aromatic nitrogens is 3. The number of carbonyl (C=O) groups is 2. The normalized spacial score (nSPS) is 10.4. The number of benzene rings is 2. The van der Waals surface area contributed by atoms with Crippen LogP contribution in [0.3, 0.4) is 0 Å². The molecule has 3 rings (SSSR count). The number of carbonyl (C=O) groups excluding carboxylic acids is 2. The van der Waals surface area contributed by atoms with Gasteiger partial charge in [0.15, 0.2) is 13.2 Å². The second-order valence-corrected chi connectivity index (χ2v) is 6.81. The van der Waals surface area contributed by atoms with Crippen LogP contribution >= 0.6 is 27.5 Å². The van der Waals surface area contributed by atoms with E-state index in [4.69, 9.17) is 21.1 Å². The minimum atomic E-state index is -0.669. The zero-order chi connectivity index (χ0) is 19.9. The van der Waals surface area contributed by atoms with Crippen molar-refractivity contribution in [3.8, 4) is 11.4 Å². The van der Waals surface area contributed by atoms with Crippen LogP contribution in [0.1, 0.15) is 0 Å². The van der Waals surface area contributed by atoms with E-state index in [1.54, 1.807) is 36.4 Å². The van der Waals surface area contributed by atoms with Crippen LogP contribution in [0.15, 0.2) is 59.6 Å². The molecule has 0 spiro atoms. The summed E-state index contributed by atoms with van der Waals surface area (Å²) in [5, 5.41) is 7.09. The fraction of sp³-hybridized carbons (Fsp3) is 0.111. The van der Waals surface area contributed by atoms with Crippen LogP contribution in [0.4, 0.5) is 5.69 Å². The van der Waals surface area contributed by atoms with Gasteiger partial charge in [-0.3, -0.25) is 4.79 Å². The van der Waals surface area contributed by atoms with E-state index in [2.05, 4.69) is 31.3 Å². The Morgan fingerprint density at radius 2 is 2.04 bits per heavy atom. The summed E-state index contributed by atoms with van der Waals surface area (Å²) in [5.41, 5.74) is 0.976. The summed E-state index contributed by atoms with van der Waals surface area (Å²) in [4.78, 5) is 27.8. The first kappa shape index (κ1) is 19.8. The Bertz CT molecular complexity index is 981. The number of hydrogen-bond donors (Lipinski definition) is 1. The lowest BCUT2D eigenvalue weighted by atomic mass is 10.2. The fourth-order valence-corrected chi connectivity index (χ4v) is 2.76. The van der Waals surface area contributed by atoms with Gasteiger partial charge in [0.1, 0.15) is 18.4 Å². The summed E-state index contributed by atoms with van der Waals surface area (Å²) in [6.45, 7) is -0.783. The molecule has 0 saturated heterocycles. The van der Waals surface area contributed by atoms with Crippen molar-refractivity contribution in [1.29, 1.82) is 0 Å². The molecule has 0 aliphatic carbocycles. The summed E-state index contributed by atoms with van der Waals surface area (Å²) in [5.74, 6) is -0.690. The second-order valence-electron chi connectivity index (χ2n) is 5.46. The smallest absolute Gasteiger partial charge is 0.344 e. The van der Waals surface area contributed by atoms with Crippen LogP contribution in [0.5, 0.6) is 5.75 Å². The monoisotopic (exact) mass is 464 g/mol. The molecular formula is C18H14BrClN4O4. The lowest BCUT2D eigenvalue weighted by Crippen LogP contribution is -2.24. The summed E-state index contributed by atoms with van der Waals surface area (Å²) >= 11 is 9.30. The number of esters is 1. The molecule has 0 fully saturated rings. The van der Waals surface area contributed by atoms with E-state index >= 15 is 0 Å². The third-order valence-corrected chi connectivity index (χ3v) is 4.14. The second kappa shape index (κ2) is 9.34. The highest BCUT2D eigenvalue weighted by Crippen LogP contribution is 2.24. The van der Waals surface area contributed by atoms with E-state index in [0.717, 1.165) is 4.47 Å². The molecule has 1 N–H and O–H groups in total. The van der Waals surface area contributed by atoms with E-state index in [0.29, 0.717) is 22.1 Å². The number of nitrogens with one attached hydrogen (secondary N) is 1. The first-order valence-corrected chi connectivity index (χ1v) is 9.17. The van der Waals surface area contributed by atoms with Gasteiger partial charge in [-0.25, -0.2) is 14.5 Å². The number of nitrogens with zero attached hydrogens (tertiary/aromatic N) is 3. The van der Waals surface area contributed by atoms with Gasteiger partial charge in [-0.05, 0) is 36.4 Å². The summed E-state index contributed by atoms with van der Waals surface area (Å²) in [6, 6.07) is 11.9. The van der Waals surface area contributed by atoms with Gasteiger partial charge in [0.25, 0.3) is 5.91 Å². The molecule has 2 aromatic carbocycles. The Balaban J connectivity index is 1.53. The third-order valence-electron chi connectivity index (χ3n) is 3.42. The molecule has 3 aromatic rings. The van der Waals surface area contributed by atoms with Gasteiger partial charge in [-0.2, -0.15) is 5.10 Å². The molecule has 1 amide bonds. The van der Waals surface area contributed by atoms with Gasteiger partial charge in [-0.1, -0.05) is 33.6 Å². The average Bonchev–Trinajstić information content (AvgIpc) is 3.19. The predicted octanol–water partition coefficient (Wildman–Crippen LogP) is 3.24. The van der Waals surface area contributed by atoms with Gasteiger partial charge in [0.2, 0.25) is 0 Å². The number of hydrogen-bond acceptors (Lipinski definition) is 6. The van der Waals surface area contributed by atoms with E-state index in [1.807, 2.05) is 6.07 Å². The molecule has 8 nitrogen and oxygen atoms in total. The quantitative estimate of drug-likeness (QED) is 0.538. The molecule has 0 atom stereocenters. The number of amides is 1. The molecule has 28 heavy (non-hydrogen) atoms.